The molecule has 1 nitrogen and oxygen atoms in total. The molecule has 2 rings (SSSR count). The summed E-state index contributed by atoms with van der Waals surface area (Å²) < 4.78 is 0. The minimum atomic E-state index is 1.17. The van der Waals surface area contributed by atoms with Gasteiger partial charge < -0.3 is 0 Å². The molecule has 0 fully saturated rings. The molecule has 0 radical (unpaired) electrons. The number of hydrogen-bond acceptors (Lipinski definition) is 1. The van der Waals surface area contributed by atoms with Gasteiger partial charge in [-0.25, -0.2) is 0 Å². The Morgan fingerprint density at radius 3 is 2.77 bits per heavy atom. The van der Waals surface area contributed by atoms with Crippen molar-refractivity contribution in [1.29, 1.82) is 0 Å². The third-order valence-corrected chi connectivity index (χ3v) is 2.53. The highest BCUT2D eigenvalue weighted by Crippen LogP contribution is 2.24. The van der Waals surface area contributed by atoms with Gasteiger partial charge in [0, 0.05) is 6.20 Å². The van der Waals surface area contributed by atoms with E-state index in [2.05, 4.69) is 30.1 Å². The molecule has 68 valence electrons. The molecule has 1 aromatic heterocycles. The van der Waals surface area contributed by atoms with E-state index in [-0.39, 0.29) is 0 Å². The quantitative estimate of drug-likeness (QED) is 0.634. The number of aryl methyl sites for hydroxylation is 1. The average Bonchev–Trinajstić information content (AvgIpc) is 2.20. The van der Waals surface area contributed by atoms with Gasteiger partial charge in [-0.1, -0.05) is 12.1 Å². The van der Waals surface area contributed by atoms with Gasteiger partial charge in [-0.15, -0.1) is 0 Å². The monoisotopic (exact) mass is 173 g/mol. The van der Waals surface area contributed by atoms with E-state index in [0.717, 1.165) is 0 Å². The standard InChI is InChI=1S/C12H15N/c1-10-7-8-12(13-9-10)11-5-3-2-4-6-11/h5,7-9H,2-4,6H2,1H3. The maximum atomic E-state index is 4.43. The Hall–Kier alpha value is -1.11. The van der Waals surface area contributed by atoms with Crippen LogP contribution in [0.1, 0.15) is 36.9 Å². The van der Waals surface area contributed by atoms with Gasteiger partial charge in [0.1, 0.15) is 0 Å². The molecule has 0 N–H and O–H groups in total. The molecule has 0 aliphatic heterocycles. The zero-order chi connectivity index (χ0) is 9.10. The molecular formula is C12H15N. The number of nitrogens with zero attached hydrogens (tertiary/aromatic N) is 1. The maximum Gasteiger partial charge on any atom is 0.0658 e. The highest BCUT2D eigenvalue weighted by atomic mass is 14.7. The van der Waals surface area contributed by atoms with Crippen LogP contribution in [0.2, 0.25) is 0 Å². The summed E-state index contributed by atoms with van der Waals surface area (Å²) in [6.45, 7) is 2.08. The number of aromatic nitrogens is 1. The summed E-state index contributed by atoms with van der Waals surface area (Å²) in [5, 5.41) is 0. The van der Waals surface area contributed by atoms with Crippen molar-refractivity contribution >= 4 is 5.57 Å². The van der Waals surface area contributed by atoms with Crippen LogP contribution in [-0.4, -0.2) is 4.98 Å². The van der Waals surface area contributed by atoms with Crippen LogP contribution in [0.5, 0.6) is 0 Å². The average molecular weight is 173 g/mol. The Balaban J connectivity index is 2.24. The Morgan fingerprint density at radius 1 is 1.23 bits per heavy atom. The van der Waals surface area contributed by atoms with Crippen molar-refractivity contribution in [3.05, 3.63) is 35.7 Å². The van der Waals surface area contributed by atoms with Crippen molar-refractivity contribution in [3.63, 3.8) is 0 Å². The van der Waals surface area contributed by atoms with Crippen LogP contribution in [-0.2, 0) is 0 Å². The fourth-order valence-electron chi connectivity index (χ4n) is 1.73. The first-order valence-corrected chi connectivity index (χ1v) is 4.98. The summed E-state index contributed by atoms with van der Waals surface area (Å²) in [5.41, 5.74) is 3.84. The second-order valence-corrected chi connectivity index (χ2v) is 3.70. The second-order valence-electron chi connectivity index (χ2n) is 3.70. The normalized spacial score (nSPS) is 16.8. The first-order valence-electron chi connectivity index (χ1n) is 4.98. The van der Waals surface area contributed by atoms with Crippen LogP contribution >= 0.6 is 0 Å². The molecule has 1 aliphatic carbocycles. The molecule has 1 aliphatic rings. The van der Waals surface area contributed by atoms with E-state index >= 15 is 0 Å². The minimum absolute atomic E-state index is 1.17. The molecule has 1 aromatic rings. The molecule has 0 spiro atoms. The number of hydrogen-bond donors (Lipinski definition) is 0. The van der Waals surface area contributed by atoms with Gasteiger partial charge in [0.25, 0.3) is 0 Å². The third-order valence-electron chi connectivity index (χ3n) is 2.53. The van der Waals surface area contributed by atoms with E-state index in [1.807, 2.05) is 6.20 Å². The molecule has 1 heterocycles. The SMILES string of the molecule is Cc1ccc(C2=CCCCC2)nc1. The van der Waals surface area contributed by atoms with Crippen molar-refractivity contribution in [2.24, 2.45) is 0 Å². The van der Waals surface area contributed by atoms with Gasteiger partial charge >= 0.3 is 0 Å². The summed E-state index contributed by atoms with van der Waals surface area (Å²) in [4.78, 5) is 4.43. The largest absolute Gasteiger partial charge is 0.256 e. The smallest absolute Gasteiger partial charge is 0.0658 e. The lowest BCUT2D eigenvalue weighted by molar-refractivity contribution is 0.740. The Labute approximate surface area is 79.5 Å². The Kier molecular flexibility index (Phi) is 2.44. The molecule has 0 bridgehead atoms. The van der Waals surface area contributed by atoms with E-state index < -0.39 is 0 Å². The summed E-state index contributed by atoms with van der Waals surface area (Å²) in [6, 6.07) is 4.27. The highest BCUT2D eigenvalue weighted by molar-refractivity contribution is 5.63. The van der Waals surface area contributed by atoms with Crippen molar-refractivity contribution in [2.75, 3.05) is 0 Å². The fraction of sp³-hybridized carbons (Fsp3) is 0.417. The molecular weight excluding hydrogens is 158 g/mol. The lowest BCUT2D eigenvalue weighted by Crippen LogP contribution is -1.94. The topological polar surface area (TPSA) is 12.9 Å². The minimum Gasteiger partial charge on any atom is -0.256 e. The third kappa shape index (κ3) is 1.97. The van der Waals surface area contributed by atoms with Gasteiger partial charge in [-0.3, -0.25) is 4.98 Å². The molecule has 0 aromatic carbocycles. The second kappa shape index (κ2) is 3.73. The van der Waals surface area contributed by atoms with Gasteiger partial charge in [0.15, 0.2) is 0 Å². The Bertz CT molecular complexity index is 308. The lowest BCUT2D eigenvalue weighted by Gasteiger charge is -2.11. The molecule has 0 saturated carbocycles. The van der Waals surface area contributed by atoms with E-state index in [1.165, 1.54) is 42.5 Å². The van der Waals surface area contributed by atoms with Gasteiger partial charge in [0.05, 0.1) is 5.69 Å². The predicted octanol–water partition coefficient (Wildman–Crippen LogP) is 3.35. The molecule has 0 amide bonds. The summed E-state index contributed by atoms with van der Waals surface area (Å²) in [6.07, 6.45) is 9.38. The van der Waals surface area contributed by atoms with Crippen LogP contribution in [0.3, 0.4) is 0 Å². The van der Waals surface area contributed by atoms with Gasteiger partial charge in [0.2, 0.25) is 0 Å². The fourth-order valence-corrected chi connectivity index (χ4v) is 1.73. The van der Waals surface area contributed by atoms with Gasteiger partial charge in [-0.2, -0.15) is 0 Å². The highest BCUT2D eigenvalue weighted by Gasteiger charge is 2.06. The van der Waals surface area contributed by atoms with E-state index in [9.17, 15) is 0 Å². The molecule has 0 atom stereocenters. The molecule has 1 heteroatoms. The van der Waals surface area contributed by atoms with Crippen molar-refractivity contribution in [3.8, 4) is 0 Å². The number of pyridine rings is 1. The molecule has 0 unspecified atom stereocenters. The molecule has 0 saturated heterocycles. The predicted molar refractivity (Wildman–Crippen MR) is 55.4 cm³/mol. The first-order chi connectivity index (χ1) is 6.36. The van der Waals surface area contributed by atoms with E-state index in [1.54, 1.807) is 0 Å². The van der Waals surface area contributed by atoms with Crippen LogP contribution in [0, 0.1) is 6.92 Å². The van der Waals surface area contributed by atoms with Crippen LogP contribution < -0.4 is 0 Å². The summed E-state index contributed by atoms with van der Waals surface area (Å²) >= 11 is 0. The molecule has 13 heavy (non-hydrogen) atoms. The van der Waals surface area contributed by atoms with Crippen molar-refractivity contribution in [2.45, 2.75) is 32.6 Å². The zero-order valence-electron chi connectivity index (χ0n) is 8.09. The zero-order valence-corrected chi connectivity index (χ0v) is 8.09. The van der Waals surface area contributed by atoms with Crippen molar-refractivity contribution < 1.29 is 0 Å². The Morgan fingerprint density at radius 2 is 2.15 bits per heavy atom. The van der Waals surface area contributed by atoms with Gasteiger partial charge in [-0.05, 0) is 49.8 Å². The van der Waals surface area contributed by atoms with Crippen molar-refractivity contribution in [1.82, 2.24) is 4.98 Å². The maximum absolute atomic E-state index is 4.43. The van der Waals surface area contributed by atoms with E-state index in [4.69, 9.17) is 0 Å². The lowest BCUT2D eigenvalue weighted by atomic mass is 9.97. The van der Waals surface area contributed by atoms with E-state index in [0.29, 0.717) is 0 Å². The van der Waals surface area contributed by atoms with Crippen LogP contribution in [0.15, 0.2) is 24.4 Å². The van der Waals surface area contributed by atoms with Crippen LogP contribution in [0.4, 0.5) is 0 Å². The number of rotatable bonds is 1. The first kappa shape index (κ1) is 8.49. The summed E-state index contributed by atoms with van der Waals surface area (Å²) in [5.74, 6) is 0. The summed E-state index contributed by atoms with van der Waals surface area (Å²) in [7, 11) is 0. The van der Waals surface area contributed by atoms with Crippen LogP contribution in [0.25, 0.3) is 5.57 Å². The number of allylic oxidation sites excluding steroid dienone is 2.